The van der Waals surface area contributed by atoms with Gasteiger partial charge in [-0.1, -0.05) is 39.0 Å². The minimum atomic E-state index is -4.79. The lowest BCUT2D eigenvalue weighted by molar-refractivity contribution is -0.152. The van der Waals surface area contributed by atoms with Crippen LogP contribution in [0.25, 0.3) is 27.8 Å². The molecule has 0 aliphatic heterocycles. The van der Waals surface area contributed by atoms with Gasteiger partial charge in [0.2, 0.25) is 10.0 Å². The predicted molar refractivity (Wildman–Crippen MR) is 134 cm³/mol. The van der Waals surface area contributed by atoms with E-state index in [1.54, 1.807) is 16.7 Å². The van der Waals surface area contributed by atoms with Gasteiger partial charge in [-0.15, -0.1) is 0 Å². The zero-order valence-corrected chi connectivity index (χ0v) is 21.4. The molecular formula is C26H29F3N4O2S. The number of halogens is 3. The first-order valence-electron chi connectivity index (χ1n) is 11.9. The second-order valence-electron chi connectivity index (χ2n) is 10.8. The molecule has 1 saturated carbocycles. The Morgan fingerprint density at radius 1 is 1.14 bits per heavy atom. The molecule has 0 unspecified atom stereocenters. The van der Waals surface area contributed by atoms with Crippen LogP contribution in [-0.4, -0.2) is 33.8 Å². The summed E-state index contributed by atoms with van der Waals surface area (Å²) in [6, 6.07) is 8.68. The Bertz CT molecular complexity index is 1560. The number of nitrogens with one attached hydrogen (secondary N) is 1. The summed E-state index contributed by atoms with van der Waals surface area (Å²) in [4.78, 5) is 4.61. The molecule has 192 valence electrons. The van der Waals surface area contributed by atoms with Crippen molar-refractivity contribution in [3.05, 3.63) is 60.0 Å². The topological polar surface area (TPSA) is 68.4 Å². The van der Waals surface area contributed by atoms with Gasteiger partial charge >= 0.3 is 6.18 Å². The Labute approximate surface area is 208 Å². The van der Waals surface area contributed by atoms with Gasteiger partial charge in [-0.3, -0.25) is 4.40 Å². The number of alkyl halides is 3. The molecule has 3 aromatic heterocycles. The maximum Gasteiger partial charge on any atom is 0.408 e. The smallest absolute Gasteiger partial charge is 0.347 e. The van der Waals surface area contributed by atoms with Crippen molar-refractivity contribution in [2.45, 2.75) is 64.5 Å². The third kappa shape index (κ3) is 4.64. The van der Waals surface area contributed by atoms with Crippen LogP contribution in [0.3, 0.4) is 0 Å². The summed E-state index contributed by atoms with van der Waals surface area (Å²) in [6.45, 7) is 8.38. The van der Waals surface area contributed by atoms with E-state index in [0.29, 0.717) is 30.3 Å². The number of hydrogen-bond donors (Lipinski definition) is 1. The summed E-state index contributed by atoms with van der Waals surface area (Å²) in [6.07, 6.45) is -0.670. The summed E-state index contributed by atoms with van der Waals surface area (Å²) >= 11 is 0. The first-order chi connectivity index (χ1) is 16.7. The molecule has 36 heavy (non-hydrogen) atoms. The summed E-state index contributed by atoms with van der Waals surface area (Å²) in [5.74, 6) is 0. The third-order valence-corrected chi connectivity index (χ3v) is 8.33. The molecule has 0 spiro atoms. The molecule has 1 aromatic carbocycles. The molecular weight excluding hydrogens is 489 g/mol. The van der Waals surface area contributed by atoms with E-state index in [1.165, 1.54) is 6.20 Å². The van der Waals surface area contributed by atoms with E-state index in [4.69, 9.17) is 0 Å². The molecule has 0 radical (unpaired) electrons. The third-order valence-electron chi connectivity index (χ3n) is 6.42. The fourth-order valence-electron chi connectivity index (χ4n) is 4.75. The summed E-state index contributed by atoms with van der Waals surface area (Å²) < 4.78 is 73.6. The first kappa shape index (κ1) is 24.8. The SMILES string of the molecule is Cc1nc2ccccn2c1-c1ccc2c([C@H](NS(=O)(=O)C3CC3)C(F)(F)F)cn(CC(C)(C)C)c2c1. The molecule has 0 bridgehead atoms. The van der Waals surface area contributed by atoms with Gasteiger partial charge in [-0.25, -0.2) is 13.4 Å². The highest BCUT2D eigenvalue weighted by atomic mass is 32.2. The maximum absolute atomic E-state index is 14.3. The standard InChI is InChI=1S/C26H29F3N4O2S/c1-16-23(33-12-6-5-7-22(33)30-16)17-8-11-19-20(14-32(21(19)13-17)15-25(2,3)4)24(26(27,28)29)31-36(34,35)18-9-10-18/h5-8,11-14,18,24,31H,9-10,15H2,1-4H3/t24-/m0/s1. The monoisotopic (exact) mass is 518 g/mol. The van der Waals surface area contributed by atoms with Crippen LogP contribution in [0.5, 0.6) is 0 Å². The van der Waals surface area contributed by atoms with Crippen LogP contribution in [0.1, 0.15) is 50.9 Å². The lowest BCUT2D eigenvalue weighted by Gasteiger charge is -2.22. The van der Waals surface area contributed by atoms with E-state index in [2.05, 4.69) is 4.98 Å². The molecule has 1 atom stereocenters. The van der Waals surface area contributed by atoms with E-state index < -0.39 is 27.5 Å². The number of pyridine rings is 1. The Morgan fingerprint density at radius 2 is 1.86 bits per heavy atom. The minimum absolute atomic E-state index is 0.0904. The van der Waals surface area contributed by atoms with Crippen LogP contribution in [0.4, 0.5) is 13.2 Å². The molecule has 5 rings (SSSR count). The van der Waals surface area contributed by atoms with Gasteiger partial charge in [0.1, 0.15) is 11.7 Å². The Kier molecular flexibility index (Phi) is 5.75. The highest BCUT2D eigenvalue weighted by Gasteiger charge is 2.47. The van der Waals surface area contributed by atoms with Gasteiger partial charge in [-0.05, 0) is 43.4 Å². The van der Waals surface area contributed by atoms with Crippen molar-refractivity contribution in [1.29, 1.82) is 0 Å². The van der Waals surface area contributed by atoms with Crippen LogP contribution in [-0.2, 0) is 16.6 Å². The summed E-state index contributed by atoms with van der Waals surface area (Å²) in [5.41, 5.74) is 3.57. The molecule has 1 N–H and O–H groups in total. The van der Waals surface area contributed by atoms with Crippen LogP contribution < -0.4 is 4.72 Å². The average Bonchev–Trinajstić information content (AvgIpc) is 3.50. The van der Waals surface area contributed by atoms with Gasteiger partial charge in [-0.2, -0.15) is 17.9 Å². The minimum Gasteiger partial charge on any atom is -0.347 e. The van der Waals surface area contributed by atoms with Crippen molar-refractivity contribution < 1.29 is 21.6 Å². The fraction of sp³-hybridized carbons (Fsp3) is 0.423. The second kappa shape index (κ2) is 8.34. The van der Waals surface area contributed by atoms with Crippen molar-refractivity contribution in [2.75, 3.05) is 0 Å². The molecule has 1 fully saturated rings. The molecule has 1 aliphatic carbocycles. The van der Waals surface area contributed by atoms with Crippen molar-refractivity contribution in [3.8, 4) is 11.3 Å². The quantitative estimate of drug-likeness (QED) is 0.341. The fourth-order valence-corrected chi connectivity index (χ4v) is 6.28. The van der Waals surface area contributed by atoms with Crippen LogP contribution in [0.2, 0.25) is 0 Å². The van der Waals surface area contributed by atoms with E-state index in [9.17, 15) is 21.6 Å². The molecule has 3 heterocycles. The lowest BCUT2D eigenvalue weighted by Crippen LogP contribution is -2.39. The van der Waals surface area contributed by atoms with Crippen LogP contribution in [0, 0.1) is 12.3 Å². The predicted octanol–water partition coefficient (Wildman–Crippen LogP) is 6.00. The van der Waals surface area contributed by atoms with E-state index in [1.807, 2.05) is 67.3 Å². The van der Waals surface area contributed by atoms with E-state index in [-0.39, 0.29) is 11.0 Å². The number of hydrogen-bond acceptors (Lipinski definition) is 3. The molecule has 6 nitrogen and oxygen atoms in total. The van der Waals surface area contributed by atoms with Crippen LogP contribution >= 0.6 is 0 Å². The van der Waals surface area contributed by atoms with Crippen molar-refractivity contribution in [3.63, 3.8) is 0 Å². The number of nitrogens with zero attached hydrogens (tertiary/aromatic N) is 3. The molecule has 4 aromatic rings. The zero-order chi connectivity index (χ0) is 26.0. The molecule has 10 heteroatoms. The number of sulfonamides is 1. The molecule has 0 amide bonds. The van der Waals surface area contributed by atoms with Gasteiger partial charge in [0.25, 0.3) is 0 Å². The summed E-state index contributed by atoms with van der Waals surface area (Å²) in [5, 5.41) is -0.384. The molecule has 1 aliphatic rings. The van der Waals surface area contributed by atoms with Crippen molar-refractivity contribution in [1.82, 2.24) is 18.7 Å². The summed E-state index contributed by atoms with van der Waals surface area (Å²) in [7, 11) is -4.08. The number of rotatable bonds is 6. The maximum atomic E-state index is 14.3. The normalized spacial score (nSPS) is 16.2. The number of benzene rings is 1. The van der Waals surface area contributed by atoms with Crippen molar-refractivity contribution in [2.24, 2.45) is 5.41 Å². The number of fused-ring (bicyclic) bond motifs is 2. The second-order valence-corrected chi connectivity index (χ2v) is 12.8. The first-order valence-corrected chi connectivity index (χ1v) is 13.4. The van der Waals surface area contributed by atoms with Gasteiger partial charge in [0.05, 0.1) is 16.6 Å². The van der Waals surface area contributed by atoms with Crippen molar-refractivity contribution >= 4 is 26.6 Å². The zero-order valence-electron chi connectivity index (χ0n) is 20.6. The highest BCUT2D eigenvalue weighted by Crippen LogP contribution is 2.41. The Hall–Kier alpha value is -2.85. The number of imidazole rings is 1. The highest BCUT2D eigenvalue weighted by molar-refractivity contribution is 7.90. The Balaban J connectivity index is 1.70. The number of aromatic nitrogens is 3. The Morgan fingerprint density at radius 3 is 2.50 bits per heavy atom. The molecule has 0 saturated heterocycles. The van der Waals surface area contributed by atoms with E-state index >= 15 is 0 Å². The largest absolute Gasteiger partial charge is 0.408 e. The lowest BCUT2D eigenvalue weighted by atomic mass is 9.97. The average molecular weight is 519 g/mol. The van der Waals surface area contributed by atoms with Crippen LogP contribution in [0.15, 0.2) is 48.8 Å². The van der Waals surface area contributed by atoms with Gasteiger partial charge < -0.3 is 4.57 Å². The van der Waals surface area contributed by atoms with E-state index in [0.717, 1.165) is 22.6 Å². The van der Waals surface area contributed by atoms with Gasteiger partial charge in [0.15, 0.2) is 0 Å². The number of aryl methyl sites for hydroxylation is 1. The van der Waals surface area contributed by atoms with Gasteiger partial charge in [0, 0.05) is 41.0 Å².